The third-order valence-corrected chi connectivity index (χ3v) is 5.72. The van der Waals surface area contributed by atoms with Crippen LogP contribution in [0.4, 0.5) is 0 Å². The second-order valence-corrected chi connectivity index (χ2v) is 7.31. The van der Waals surface area contributed by atoms with E-state index in [0.29, 0.717) is 17.2 Å². The van der Waals surface area contributed by atoms with E-state index in [1.807, 2.05) is 25.2 Å². The Kier molecular flexibility index (Phi) is 4.86. The van der Waals surface area contributed by atoms with Gasteiger partial charge in [0.25, 0.3) is 0 Å². The van der Waals surface area contributed by atoms with Crippen LogP contribution in [0, 0.1) is 0 Å². The van der Waals surface area contributed by atoms with E-state index in [9.17, 15) is 4.79 Å². The molecule has 0 bridgehead atoms. The summed E-state index contributed by atoms with van der Waals surface area (Å²) in [6, 6.07) is 10.2. The molecule has 4 rings (SSSR count). The molecule has 6 nitrogen and oxygen atoms in total. The normalized spacial score (nSPS) is 15.3. The molecule has 0 radical (unpaired) electrons. The fourth-order valence-corrected chi connectivity index (χ4v) is 4.58. The Hall–Kier alpha value is -3.15. The van der Waals surface area contributed by atoms with Crippen LogP contribution in [0.15, 0.2) is 30.3 Å². The van der Waals surface area contributed by atoms with E-state index in [0.717, 1.165) is 46.1 Å². The molecular formula is C23H26N2O4. The van der Waals surface area contributed by atoms with Gasteiger partial charge in [-0.1, -0.05) is 18.2 Å². The number of fused-ring (bicyclic) bond motifs is 5. The van der Waals surface area contributed by atoms with Crippen LogP contribution in [-0.4, -0.2) is 31.8 Å². The first kappa shape index (κ1) is 19.2. The fraction of sp³-hybridized carbons (Fsp3) is 0.348. The molecule has 6 heteroatoms. The van der Waals surface area contributed by atoms with Gasteiger partial charge in [-0.25, -0.2) is 0 Å². The summed E-state index contributed by atoms with van der Waals surface area (Å²) in [5, 5.41) is 4.27. The van der Waals surface area contributed by atoms with Gasteiger partial charge in [-0.15, -0.1) is 0 Å². The summed E-state index contributed by atoms with van der Waals surface area (Å²) < 4.78 is 19.3. The predicted molar refractivity (Wildman–Crippen MR) is 113 cm³/mol. The summed E-state index contributed by atoms with van der Waals surface area (Å²) in [6.07, 6.45) is 1.56. The van der Waals surface area contributed by atoms with Crippen LogP contribution < -0.4 is 19.5 Å². The SMILES string of the molecule is COc1cc2c(c(OC)c1OC)-c1c(n(C)c3ccccc13)[C@H](NC(C)=O)CC2. The molecule has 1 N–H and O–H groups in total. The summed E-state index contributed by atoms with van der Waals surface area (Å²) in [7, 11) is 6.95. The second kappa shape index (κ2) is 7.35. The van der Waals surface area contributed by atoms with Crippen LogP contribution in [0.5, 0.6) is 17.2 Å². The first-order valence-corrected chi connectivity index (χ1v) is 9.68. The number of para-hydroxylation sites is 1. The molecule has 152 valence electrons. The number of benzene rings is 2. The van der Waals surface area contributed by atoms with Gasteiger partial charge < -0.3 is 24.1 Å². The number of ether oxygens (including phenoxy) is 3. The molecule has 0 aliphatic heterocycles. The standard InChI is InChI=1S/C23H26N2O4/c1-13(26)24-16-11-10-14-12-18(27-3)22(28-4)23(29-5)19(14)20-15-8-6-7-9-17(15)25(2)21(16)20/h6-9,12,16H,10-11H2,1-5H3,(H,24,26)/t16-/m1/s1. The molecule has 29 heavy (non-hydrogen) atoms. The number of carbonyl (C=O) groups is 1. The number of methoxy groups -OCH3 is 3. The number of amides is 1. The lowest BCUT2D eigenvalue weighted by Crippen LogP contribution is -2.27. The molecule has 0 spiro atoms. The van der Waals surface area contributed by atoms with Gasteiger partial charge in [0.1, 0.15) is 0 Å². The maximum absolute atomic E-state index is 12.0. The van der Waals surface area contributed by atoms with E-state index in [2.05, 4.69) is 22.0 Å². The summed E-state index contributed by atoms with van der Waals surface area (Å²) in [5.41, 5.74) is 5.38. The van der Waals surface area contributed by atoms with E-state index in [1.165, 1.54) is 0 Å². The van der Waals surface area contributed by atoms with E-state index in [1.54, 1.807) is 28.3 Å². The maximum Gasteiger partial charge on any atom is 0.217 e. The predicted octanol–water partition coefficient (Wildman–Crippen LogP) is 3.99. The topological polar surface area (TPSA) is 61.7 Å². The van der Waals surface area contributed by atoms with E-state index < -0.39 is 0 Å². The Labute approximate surface area is 170 Å². The Morgan fingerprint density at radius 2 is 1.79 bits per heavy atom. The highest BCUT2D eigenvalue weighted by Crippen LogP contribution is 2.52. The number of rotatable bonds is 4. The number of aryl methyl sites for hydroxylation is 2. The summed E-state index contributed by atoms with van der Waals surface area (Å²) in [6.45, 7) is 1.56. The zero-order valence-electron chi connectivity index (χ0n) is 17.5. The lowest BCUT2D eigenvalue weighted by molar-refractivity contribution is -0.119. The van der Waals surface area contributed by atoms with Crippen molar-refractivity contribution >= 4 is 16.8 Å². The summed E-state index contributed by atoms with van der Waals surface area (Å²) in [5.74, 6) is 1.83. The van der Waals surface area contributed by atoms with Crippen molar-refractivity contribution in [1.82, 2.24) is 9.88 Å². The van der Waals surface area contributed by atoms with Gasteiger partial charge in [-0.3, -0.25) is 4.79 Å². The largest absolute Gasteiger partial charge is 0.493 e. The molecule has 0 fully saturated rings. The van der Waals surface area contributed by atoms with Crippen LogP contribution in [-0.2, 0) is 18.3 Å². The molecule has 1 amide bonds. The number of hydrogen-bond acceptors (Lipinski definition) is 4. The van der Waals surface area contributed by atoms with Crippen LogP contribution in [0.2, 0.25) is 0 Å². The Morgan fingerprint density at radius 3 is 2.45 bits per heavy atom. The van der Waals surface area contributed by atoms with Gasteiger partial charge in [-0.2, -0.15) is 0 Å². The van der Waals surface area contributed by atoms with Crippen LogP contribution in [0.3, 0.4) is 0 Å². The molecule has 0 unspecified atom stereocenters. The number of nitrogens with one attached hydrogen (secondary N) is 1. The quantitative estimate of drug-likeness (QED) is 0.727. The highest BCUT2D eigenvalue weighted by atomic mass is 16.5. The van der Waals surface area contributed by atoms with E-state index in [-0.39, 0.29) is 11.9 Å². The number of hydrogen-bond donors (Lipinski definition) is 1. The Balaban J connectivity index is 2.14. The lowest BCUT2D eigenvalue weighted by atomic mass is 9.95. The van der Waals surface area contributed by atoms with Gasteiger partial charge in [0.05, 0.1) is 27.4 Å². The first-order valence-electron chi connectivity index (χ1n) is 9.68. The molecule has 3 aromatic rings. The third-order valence-electron chi connectivity index (χ3n) is 5.72. The van der Waals surface area contributed by atoms with Gasteiger partial charge in [0.2, 0.25) is 11.7 Å². The van der Waals surface area contributed by atoms with Gasteiger partial charge in [0, 0.05) is 41.7 Å². The van der Waals surface area contributed by atoms with Crippen LogP contribution in [0.25, 0.3) is 22.0 Å². The Bertz CT molecular complexity index is 1100. The molecule has 0 saturated heterocycles. The van der Waals surface area contributed by atoms with Gasteiger partial charge >= 0.3 is 0 Å². The second-order valence-electron chi connectivity index (χ2n) is 7.31. The highest BCUT2D eigenvalue weighted by Gasteiger charge is 2.33. The smallest absolute Gasteiger partial charge is 0.217 e. The fourth-order valence-electron chi connectivity index (χ4n) is 4.58. The molecule has 1 aliphatic rings. The van der Waals surface area contributed by atoms with Crippen LogP contribution >= 0.6 is 0 Å². The molecule has 1 aromatic heterocycles. The van der Waals surface area contributed by atoms with Crippen molar-refractivity contribution in [3.8, 4) is 28.4 Å². The Morgan fingerprint density at radius 1 is 1.07 bits per heavy atom. The van der Waals surface area contributed by atoms with Crippen LogP contribution in [0.1, 0.15) is 30.6 Å². The molecule has 1 atom stereocenters. The molecular weight excluding hydrogens is 368 g/mol. The number of carbonyl (C=O) groups excluding carboxylic acids is 1. The van der Waals surface area contributed by atoms with E-state index >= 15 is 0 Å². The van der Waals surface area contributed by atoms with Crippen molar-refractivity contribution in [3.05, 3.63) is 41.6 Å². The number of nitrogens with zero attached hydrogens (tertiary/aromatic N) is 1. The maximum atomic E-state index is 12.0. The van der Waals surface area contributed by atoms with Crippen molar-refractivity contribution < 1.29 is 19.0 Å². The zero-order chi connectivity index (χ0) is 20.7. The minimum Gasteiger partial charge on any atom is -0.493 e. The minimum atomic E-state index is -0.103. The minimum absolute atomic E-state index is 0.0423. The van der Waals surface area contributed by atoms with Crippen molar-refractivity contribution in [1.29, 1.82) is 0 Å². The molecule has 0 saturated carbocycles. The van der Waals surface area contributed by atoms with Gasteiger partial charge in [0.15, 0.2) is 11.5 Å². The summed E-state index contributed by atoms with van der Waals surface area (Å²) in [4.78, 5) is 12.0. The molecule has 1 heterocycles. The molecule has 2 aromatic carbocycles. The average molecular weight is 394 g/mol. The molecule has 1 aliphatic carbocycles. The summed E-state index contributed by atoms with van der Waals surface area (Å²) >= 11 is 0. The highest BCUT2D eigenvalue weighted by molar-refractivity contribution is 6.02. The van der Waals surface area contributed by atoms with Crippen molar-refractivity contribution in [2.24, 2.45) is 7.05 Å². The monoisotopic (exact) mass is 394 g/mol. The average Bonchev–Trinajstić information content (AvgIpc) is 2.91. The lowest BCUT2D eigenvalue weighted by Gasteiger charge is -2.20. The number of aromatic nitrogens is 1. The first-order chi connectivity index (χ1) is 14.0. The van der Waals surface area contributed by atoms with Gasteiger partial charge in [-0.05, 0) is 30.5 Å². The zero-order valence-corrected chi connectivity index (χ0v) is 17.5. The van der Waals surface area contributed by atoms with Crippen molar-refractivity contribution in [2.75, 3.05) is 21.3 Å². The third kappa shape index (κ3) is 2.90. The van der Waals surface area contributed by atoms with Crippen molar-refractivity contribution in [2.45, 2.75) is 25.8 Å². The van der Waals surface area contributed by atoms with E-state index in [4.69, 9.17) is 14.2 Å². The van der Waals surface area contributed by atoms with Crippen molar-refractivity contribution in [3.63, 3.8) is 0 Å².